The normalized spacial score (nSPS) is 42.6. The van der Waals surface area contributed by atoms with Gasteiger partial charge in [-0.1, -0.05) is 11.8 Å². The van der Waals surface area contributed by atoms with Crippen LogP contribution in [0.4, 0.5) is 4.39 Å². The molecule has 0 N–H and O–H groups in total. The Labute approximate surface area is 82.5 Å². The number of thioether (sulfide) groups is 1. The van der Waals surface area contributed by atoms with Gasteiger partial charge in [0, 0.05) is 12.7 Å². The van der Waals surface area contributed by atoms with E-state index in [0.717, 1.165) is 31.4 Å². The Morgan fingerprint density at radius 2 is 2.08 bits per heavy atom. The number of carbonyl (C=O) groups excluding carboxylic acids is 1. The average Bonchev–Trinajstić information content (AvgIpc) is 1.90. The third-order valence-corrected chi connectivity index (χ3v) is 4.32. The van der Waals surface area contributed by atoms with Gasteiger partial charge >= 0.3 is 0 Å². The fourth-order valence-corrected chi connectivity index (χ4v) is 3.44. The smallest absolute Gasteiger partial charge is 0.185 e. The highest BCUT2D eigenvalue weighted by Gasteiger charge is 2.52. The SMILES string of the molecule is CC(=O)SCC1CC2(CC(F)C2)C1. The fraction of sp³-hybridized carbons (Fsp3) is 0.900. The molecule has 0 aliphatic heterocycles. The van der Waals surface area contributed by atoms with E-state index in [-0.39, 0.29) is 5.12 Å². The van der Waals surface area contributed by atoms with Crippen LogP contribution in [0.3, 0.4) is 0 Å². The number of carbonyl (C=O) groups is 1. The maximum absolute atomic E-state index is 12.6. The van der Waals surface area contributed by atoms with Crippen LogP contribution in [0.1, 0.15) is 32.6 Å². The zero-order chi connectivity index (χ0) is 9.47. The lowest BCUT2D eigenvalue weighted by Gasteiger charge is -2.55. The van der Waals surface area contributed by atoms with Gasteiger partial charge in [-0.25, -0.2) is 4.39 Å². The van der Waals surface area contributed by atoms with E-state index in [4.69, 9.17) is 0 Å². The Morgan fingerprint density at radius 1 is 1.46 bits per heavy atom. The van der Waals surface area contributed by atoms with E-state index < -0.39 is 6.17 Å². The largest absolute Gasteiger partial charge is 0.288 e. The highest BCUT2D eigenvalue weighted by molar-refractivity contribution is 8.13. The third kappa shape index (κ3) is 1.90. The molecule has 0 atom stereocenters. The molecule has 2 aliphatic carbocycles. The molecule has 0 radical (unpaired) electrons. The van der Waals surface area contributed by atoms with Gasteiger partial charge in [-0.2, -0.15) is 0 Å². The van der Waals surface area contributed by atoms with E-state index in [9.17, 15) is 9.18 Å². The maximum Gasteiger partial charge on any atom is 0.185 e. The number of hydrogen-bond acceptors (Lipinski definition) is 2. The van der Waals surface area contributed by atoms with Crippen LogP contribution in [0, 0.1) is 11.3 Å². The summed E-state index contributed by atoms with van der Waals surface area (Å²) in [5.74, 6) is 1.63. The van der Waals surface area contributed by atoms with E-state index in [1.807, 2.05) is 0 Å². The molecule has 0 unspecified atom stereocenters. The van der Waals surface area contributed by atoms with Crippen molar-refractivity contribution in [3.05, 3.63) is 0 Å². The van der Waals surface area contributed by atoms with Crippen molar-refractivity contribution in [2.45, 2.75) is 38.8 Å². The van der Waals surface area contributed by atoms with Crippen molar-refractivity contribution in [3.8, 4) is 0 Å². The molecule has 0 heterocycles. The van der Waals surface area contributed by atoms with Gasteiger partial charge in [-0.05, 0) is 37.0 Å². The second-order valence-corrected chi connectivity index (χ2v) is 5.78. The highest BCUT2D eigenvalue weighted by atomic mass is 32.2. The maximum atomic E-state index is 12.6. The van der Waals surface area contributed by atoms with Crippen LogP contribution >= 0.6 is 11.8 Å². The first-order valence-corrected chi connectivity index (χ1v) is 5.86. The van der Waals surface area contributed by atoms with Crippen molar-refractivity contribution in [2.24, 2.45) is 11.3 Å². The molecular weight excluding hydrogens is 187 g/mol. The van der Waals surface area contributed by atoms with Gasteiger partial charge in [0.15, 0.2) is 5.12 Å². The first-order chi connectivity index (χ1) is 6.10. The van der Waals surface area contributed by atoms with Crippen LogP contribution < -0.4 is 0 Å². The molecule has 0 amide bonds. The minimum Gasteiger partial charge on any atom is -0.288 e. The summed E-state index contributed by atoms with van der Waals surface area (Å²) in [6.45, 7) is 1.61. The molecular formula is C10H15FOS. The number of rotatable bonds is 2. The minimum atomic E-state index is -0.526. The van der Waals surface area contributed by atoms with Crippen molar-refractivity contribution in [2.75, 3.05) is 5.75 Å². The summed E-state index contributed by atoms with van der Waals surface area (Å²) in [5.41, 5.74) is 0.376. The van der Waals surface area contributed by atoms with Gasteiger partial charge in [-0.15, -0.1) is 0 Å². The predicted octanol–water partition coefficient (Wildman–Crippen LogP) is 2.79. The van der Waals surface area contributed by atoms with Gasteiger partial charge in [0.05, 0.1) is 0 Å². The summed E-state index contributed by atoms with van der Waals surface area (Å²) in [6, 6.07) is 0. The molecule has 2 saturated carbocycles. The van der Waals surface area contributed by atoms with Gasteiger partial charge in [-0.3, -0.25) is 4.79 Å². The Balaban J connectivity index is 1.65. The monoisotopic (exact) mass is 202 g/mol. The molecule has 0 aromatic heterocycles. The Hall–Kier alpha value is -0.0500. The first-order valence-electron chi connectivity index (χ1n) is 4.87. The minimum absolute atomic E-state index is 0.206. The Bertz CT molecular complexity index is 215. The average molecular weight is 202 g/mol. The zero-order valence-corrected chi connectivity index (χ0v) is 8.70. The quantitative estimate of drug-likeness (QED) is 0.685. The lowest BCUT2D eigenvalue weighted by molar-refractivity contribution is -0.109. The van der Waals surface area contributed by atoms with Gasteiger partial charge < -0.3 is 0 Å². The van der Waals surface area contributed by atoms with Crippen LogP contribution in [0.5, 0.6) is 0 Å². The van der Waals surface area contributed by atoms with Gasteiger partial charge in [0.1, 0.15) is 6.17 Å². The molecule has 0 saturated heterocycles. The van der Waals surface area contributed by atoms with Crippen molar-refractivity contribution >= 4 is 16.9 Å². The number of hydrogen-bond donors (Lipinski definition) is 0. The molecule has 1 nitrogen and oxygen atoms in total. The molecule has 13 heavy (non-hydrogen) atoms. The second kappa shape index (κ2) is 3.26. The zero-order valence-electron chi connectivity index (χ0n) is 7.88. The van der Waals surface area contributed by atoms with Crippen LogP contribution in [0.2, 0.25) is 0 Å². The van der Waals surface area contributed by atoms with E-state index in [0.29, 0.717) is 11.3 Å². The summed E-state index contributed by atoms with van der Waals surface area (Å²) in [5, 5.41) is 0.206. The highest BCUT2D eigenvalue weighted by Crippen LogP contribution is 2.60. The standard InChI is InChI=1S/C10H15FOS/c1-7(12)13-6-8-2-10(3-8)4-9(11)5-10/h8-9H,2-6H2,1H3. The predicted molar refractivity (Wildman–Crippen MR) is 52.4 cm³/mol. The van der Waals surface area contributed by atoms with E-state index >= 15 is 0 Å². The lowest BCUT2D eigenvalue weighted by atomic mass is 9.51. The summed E-state index contributed by atoms with van der Waals surface area (Å²) in [6.07, 6.45) is 3.37. The molecule has 2 aliphatic rings. The van der Waals surface area contributed by atoms with Gasteiger partial charge in [0.2, 0.25) is 0 Å². The molecule has 2 rings (SSSR count). The van der Waals surface area contributed by atoms with Crippen LogP contribution in [-0.4, -0.2) is 17.0 Å². The van der Waals surface area contributed by atoms with E-state index in [1.165, 1.54) is 11.8 Å². The van der Waals surface area contributed by atoms with Crippen LogP contribution in [-0.2, 0) is 4.79 Å². The first kappa shape index (κ1) is 9.50. The Morgan fingerprint density at radius 3 is 2.54 bits per heavy atom. The molecule has 0 aromatic carbocycles. The third-order valence-electron chi connectivity index (χ3n) is 3.27. The van der Waals surface area contributed by atoms with Gasteiger partial charge in [0.25, 0.3) is 0 Å². The van der Waals surface area contributed by atoms with E-state index in [2.05, 4.69) is 0 Å². The lowest BCUT2D eigenvalue weighted by Crippen LogP contribution is -2.49. The van der Waals surface area contributed by atoms with E-state index in [1.54, 1.807) is 6.92 Å². The number of alkyl halides is 1. The molecule has 0 bridgehead atoms. The molecule has 3 heteroatoms. The second-order valence-electron chi connectivity index (χ2n) is 4.58. The van der Waals surface area contributed by atoms with Crippen LogP contribution in [0.25, 0.3) is 0 Å². The van der Waals surface area contributed by atoms with Crippen molar-refractivity contribution in [1.29, 1.82) is 0 Å². The summed E-state index contributed by atoms with van der Waals surface area (Å²) in [4.78, 5) is 10.7. The number of halogens is 1. The molecule has 0 aromatic rings. The van der Waals surface area contributed by atoms with Crippen molar-refractivity contribution in [3.63, 3.8) is 0 Å². The van der Waals surface area contributed by atoms with Crippen molar-refractivity contribution < 1.29 is 9.18 Å². The summed E-state index contributed by atoms with van der Waals surface area (Å²) < 4.78 is 12.6. The van der Waals surface area contributed by atoms with Crippen LogP contribution in [0.15, 0.2) is 0 Å². The molecule has 74 valence electrons. The fourth-order valence-electron chi connectivity index (χ4n) is 2.73. The molecule has 1 spiro atoms. The summed E-state index contributed by atoms with van der Waals surface area (Å²) >= 11 is 1.42. The summed E-state index contributed by atoms with van der Waals surface area (Å²) in [7, 11) is 0. The topological polar surface area (TPSA) is 17.1 Å². The molecule has 2 fully saturated rings. The van der Waals surface area contributed by atoms with Crippen molar-refractivity contribution in [1.82, 2.24) is 0 Å². The Kier molecular flexibility index (Phi) is 2.39.